The minimum Gasteiger partial charge on any atom is -0.452 e. The maximum atomic E-state index is 12.3. The standard InChI is InChI=1S/C19H18Cl2N4O6/c1-10(18(27)23-16-8-13(25(29)30)6-7-14(16)21)31-17(26)9-15(24-19(22)28)11-2-4-12(20)5-3-11/h2-8,10,15H,9H2,1H3,(H,23,27)(H3,22,24,28). The number of carbonyl (C=O) groups excluding carboxylic acids is 3. The molecule has 0 aliphatic heterocycles. The minimum atomic E-state index is -1.25. The van der Waals surface area contributed by atoms with Crippen molar-refractivity contribution in [3.05, 3.63) is 68.2 Å². The van der Waals surface area contributed by atoms with E-state index in [0.717, 1.165) is 6.07 Å². The van der Waals surface area contributed by atoms with Crippen LogP contribution in [0.3, 0.4) is 0 Å². The Morgan fingerprint density at radius 1 is 1.16 bits per heavy atom. The topological polar surface area (TPSA) is 154 Å². The number of urea groups is 1. The van der Waals surface area contributed by atoms with Gasteiger partial charge in [0.2, 0.25) is 0 Å². The van der Waals surface area contributed by atoms with Crippen LogP contribution in [-0.2, 0) is 14.3 Å². The molecule has 2 atom stereocenters. The third-order valence-corrected chi connectivity index (χ3v) is 4.64. The van der Waals surface area contributed by atoms with Crippen molar-refractivity contribution in [2.75, 3.05) is 5.32 Å². The largest absolute Gasteiger partial charge is 0.452 e. The van der Waals surface area contributed by atoms with E-state index in [1.165, 1.54) is 19.1 Å². The Hall–Kier alpha value is -3.37. The molecule has 2 aromatic carbocycles. The van der Waals surface area contributed by atoms with Crippen LogP contribution < -0.4 is 16.4 Å². The fourth-order valence-corrected chi connectivity index (χ4v) is 2.83. The highest BCUT2D eigenvalue weighted by Crippen LogP contribution is 2.27. The Balaban J connectivity index is 2.03. The van der Waals surface area contributed by atoms with Crippen molar-refractivity contribution < 1.29 is 24.0 Å². The van der Waals surface area contributed by atoms with Gasteiger partial charge in [0.05, 0.1) is 28.1 Å². The molecule has 3 amide bonds. The molecule has 0 bridgehead atoms. The molecule has 2 rings (SSSR count). The summed E-state index contributed by atoms with van der Waals surface area (Å²) in [6, 6.07) is 8.26. The fourth-order valence-electron chi connectivity index (χ4n) is 2.54. The van der Waals surface area contributed by atoms with Crippen molar-refractivity contribution in [3.8, 4) is 0 Å². The molecule has 0 fully saturated rings. The maximum Gasteiger partial charge on any atom is 0.312 e. The Morgan fingerprint density at radius 3 is 2.39 bits per heavy atom. The summed E-state index contributed by atoms with van der Waals surface area (Å²) in [6.45, 7) is 1.32. The molecule has 0 aromatic heterocycles. The molecule has 164 valence electrons. The molecule has 4 N–H and O–H groups in total. The Bertz CT molecular complexity index is 999. The van der Waals surface area contributed by atoms with Crippen molar-refractivity contribution in [2.24, 2.45) is 5.73 Å². The molecule has 0 aliphatic rings. The molecule has 2 aromatic rings. The van der Waals surface area contributed by atoms with Crippen LogP contribution >= 0.6 is 23.2 Å². The molecular formula is C19H18Cl2N4O6. The average molecular weight is 469 g/mol. The number of anilines is 1. The summed E-state index contributed by atoms with van der Waals surface area (Å²) in [7, 11) is 0. The zero-order valence-corrected chi connectivity index (χ0v) is 17.6. The number of carbonyl (C=O) groups is 3. The van der Waals surface area contributed by atoms with Gasteiger partial charge >= 0.3 is 12.0 Å². The van der Waals surface area contributed by atoms with Gasteiger partial charge in [0.15, 0.2) is 6.10 Å². The third kappa shape index (κ3) is 7.12. The molecule has 0 radical (unpaired) electrons. The molecule has 0 aliphatic carbocycles. The predicted molar refractivity (Wildman–Crippen MR) is 114 cm³/mol. The number of benzene rings is 2. The number of nitro benzene ring substituents is 1. The predicted octanol–water partition coefficient (Wildman–Crippen LogP) is 3.57. The lowest BCUT2D eigenvalue weighted by Crippen LogP contribution is -2.36. The van der Waals surface area contributed by atoms with E-state index in [9.17, 15) is 24.5 Å². The monoisotopic (exact) mass is 468 g/mol. The van der Waals surface area contributed by atoms with E-state index in [-0.39, 0.29) is 22.8 Å². The normalized spacial score (nSPS) is 12.4. The van der Waals surface area contributed by atoms with Crippen LogP contribution in [-0.4, -0.2) is 28.9 Å². The summed E-state index contributed by atoms with van der Waals surface area (Å²) < 4.78 is 5.11. The third-order valence-electron chi connectivity index (χ3n) is 4.06. The highest BCUT2D eigenvalue weighted by Gasteiger charge is 2.24. The van der Waals surface area contributed by atoms with E-state index in [0.29, 0.717) is 10.6 Å². The molecule has 12 heteroatoms. The van der Waals surface area contributed by atoms with E-state index >= 15 is 0 Å². The average Bonchev–Trinajstić information content (AvgIpc) is 2.69. The van der Waals surface area contributed by atoms with Gasteiger partial charge in [0.1, 0.15) is 0 Å². The fraction of sp³-hybridized carbons (Fsp3) is 0.211. The van der Waals surface area contributed by atoms with Gasteiger partial charge in [-0.05, 0) is 30.7 Å². The summed E-state index contributed by atoms with van der Waals surface area (Å²) in [4.78, 5) is 46.2. The molecule has 10 nitrogen and oxygen atoms in total. The number of nitrogens with two attached hydrogens (primary N) is 1. The number of esters is 1. The number of nitrogens with zero attached hydrogens (tertiary/aromatic N) is 1. The van der Waals surface area contributed by atoms with Crippen molar-refractivity contribution in [1.29, 1.82) is 0 Å². The first kappa shape index (κ1) is 23.9. The number of ether oxygens (including phenoxy) is 1. The zero-order valence-electron chi connectivity index (χ0n) is 16.1. The maximum absolute atomic E-state index is 12.3. The molecule has 0 saturated heterocycles. The van der Waals surface area contributed by atoms with Gasteiger partial charge in [-0.25, -0.2) is 4.79 Å². The lowest BCUT2D eigenvalue weighted by atomic mass is 10.0. The van der Waals surface area contributed by atoms with E-state index in [1.807, 2.05) is 0 Å². The molecule has 0 saturated carbocycles. The SMILES string of the molecule is CC(OC(=O)CC(NC(N)=O)c1ccc(Cl)cc1)C(=O)Nc1cc([N+](=O)[O-])ccc1Cl. The highest BCUT2D eigenvalue weighted by molar-refractivity contribution is 6.33. The van der Waals surface area contributed by atoms with Crippen molar-refractivity contribution in [1.82, 2.24) is 5.32 Å². The lowest BCUT2D eigenvalue weighted by molar-refractivity contribution is -0.384. The van der Waals surface area contributed by atoms with Crippen molar-refractivity contribution in [2.45, 2.75) is 25.5 Å². The zero-order chi connectivity index (χ0) is 23.1. The van der Waals surface area contributed by atoms with Gasteiger partial charge in [-0.3, -0.25) is 19.7 Å². The first-order valence-electron chi connectivity index (χ1n) is 8.82. The molecule has 0 heterocycles. The number of rotatable bonds is 8. The van der Waals surface area contributed by atoms with Gasteiger partial charge in [-0.2, -0.15) is 0 Å². The molecular weight excluding hydrogens is 451 g/mol. The van der Waals surface area contributed by atoms with Crippen LogP contribution in [0, 0.1) is 10.1 Å². The van der Waals surface area contributed by atoms with Gasteiger partial charge in [0, 0.05) is 17.2 Å². The second kappa shape index (κ2) is 10.6. The molecule has 31 heavy (non-hydrogen) atoms. The highest BCUT2D eigenvalue weighted by atomic mass is 35.5. The summed E-state index contributed by atoms with van der Waals surface area (Å²) in [5.74, 6) is -1.54. The summed E-state index contributed by atoms with van der Waals surface area (Å²) in [6.07, 6.45) is -1.55. The first-order valence-corrected chi connectivity index (χ1v) is 9.58. The van der Waals surface area contributed by atoms with Gasteiger partial charge in [0.25, 0.3) is 11.6 Å². The number of hydrogen-bond donors (Lipinski definition) is 3. The second-order valence-electron chi connectivity index (χ2n) is 6.36. The van der Waals surface area contributed by atoms with E-state index in [4.69, 9.17) is 33.7 Å². The van der Waals surface area contributed by atoms with Crippen molar-refractivity contribution >= 4 is 52.5 Å². The smallest absolute Gasteiger partial charge is 0.312 e. The van der Waals surface area contributed by atoms with Crippen LogP contribution in [0.5, 0.6) is 0 Å². The summed E-state index contributed by atoms with van der Waals surface area (Å²) >= 11 is 11.8. The minimum absolute atomic E-state index is 0.00167. The number of non-ortho nitro benzene ring substituents is 1. The van der Waals surface area contributed by atoms with Crippen LogP contribution in [0.15, 0.2) is 42.5 Å². The number of primary amides is 1. The van der Waals surface area contributed by atoms with E-state index in [2.05, 4.69) is 10.6 Å². The number of hydrogen-bond acceptors (Lipinski definition) is 6. The Labute approximate surface area is 186 Å². The van der Waals surface area contributed by atoms with E-state index < -0.39 is 35.0 Å². The first-order chi connectivity index (χ1) is 14.6. The Morgan fingerprint density at radius 2 is 1.81 bits per heavy atom. The van der Waals surface area contributed by atoms with Crippen LogP contribution in [0.2, 0.25) is 10.0 Å². The number of nitrogens with one attached hydrogen (secondary N) is 2. The van der Waals surface area contributed by atoms with E-state index in [1.54, 1.807) is 24.3 Å². The van der Waals surface area contributed by atoms with Crippen LogP contribution in [0.25, 0.3) is 0 Å². The van der Waals surface area contributed by atoms with Gasteiger partial charge < -0.3 is 21.1 Å². The number of halogens is 2. The number of amides is 3. The quantitative estimate of drug-likeness (QED) is 0.305. The molecule has 0 spiro atoms. The van der Waals surface area contributed by atoms with Gasteiger partial charge in [-0.1, -0.05) is 35.3 Å². The van der Waals surface area contributed by atoms with Gasteiger partial charge in [-0.15, -0.1) is 0 Å². The lowest BCUT2D eigenvalue weighted by Gasteiger charge is -2.19. The van der Waals surface area contributed by atoms with Crippen LogP contribution in [0.1, 0.15) is 24.9 Å². The van der Waals surface area contributed by atoms with Crippen LogP contribution in [0.4, 0.5) is 16.2 Å². The second-order valence-corrected chi connectivity index (χ2v) is 7.20. The van der Waals surface area contributed by atoms with Crippen molar-refractivity contribution in [3.63, 3.8) is 0 Å². The number of nitro groups is 1. The molecule has 2 unspecified atom stereocenters. The Kier molecular flexibility index (Phi) is 8.17. The summed E-state index contributed by atoms with van der Waals surface area (Å²) in [5.41, 5.74) is 5.45. The summed E-state index contributed by atoms with van der Waals surface area (Å²) in [5, 5.41) is 16.2.